The van der Waals surface area contributed by atoms with Crippen molar-refractivity contribution in [1.29, 1.82) is 0 Å². The summed E-state index contributed by atoms with van der Waals surface area (Å²) in [7, 11) is 0. The number of rotatable bonds is 5. The summed E-state index contributed by atoms with van der Waals surface area (Å²) >= 11 is 3.41. The van der Waals surface area contributed by atoms with Crippen LogP contribution in [0.1, 0.15) is 18.9 Å². The first-order chi connectivity index (χ1) is 7.26. The fraction of sp³-hybridized carbons (Fsp3) is 0.385. The number of benzene rings is 1. The van der Waals surface area contributed by atoms with Gasteiger partial charge in [0.25, 0.3) is 0 Å². The van der Waals surface area contributed by atoms with E-state index >= 15 is 0 Å². The van der Waals surface area contributed by atoms with Gasteiger partial charge in [-0.2, -0.15) is 0 Å². The average Bonchev–Trinajstić information content (AvgIpc) is 2.27. The second-order valence-electron chi connectivity index (χ2n) is 3.50. The Morgan fingerprint density at radius 2 is 2.07 bits per heavy atom. The fourth-order valence-electron chi connectivity index (χ4n) is 1.36. The second kappa shape index (κ2) is 6.66. The molecule has 0 aliphatic heterocycles. The fourth-order valence-corrected chi connectivity index (χ4v) is 1.63. The zero-order valence-corrected chi connectivity index (χ0v) is 10.5. The molecule has 1 N–H and O–H groups in total. The van der Waals surface area contributed by atoms with E-state index in [4.69, 9.17) is 6.42 Å². The van der Waals surface area contributed by atoms with Crippen LogP contribution in [0.3, 0.4) is 0 Å². The van der Waals surface area contributed by atoms with Gasteiger partial charge in [0.1, 0.15) is 0 Å². The van der Waals surface area contributed by atoms with Gasteiger partial charge in [0.2, 0.25) is 0 Å². The standard InChI is InChI=1S/C13H16BrN/c1-3-9-15-13(4-2)10-11-5-7-12(14)8-6-11/h2,5-8,13,15H,3,9-10H2,1H3. The van der Waals surface area contributed by atoms with E-state index in [-0.39, 0.29) is 6.04 Å². The van der Waals surface area contributed by atoms with Gasteiger partial charge in [0, 0.05) is 4.47 Å². The molecule has 80 valence electrons. The molecule has 0 fully saturated rings. The summed E-state index contributed by atoms with van der Waals surface area (Å²) in [6.07, 6.45) is 7.47. The first-order valence-electron chi connectivity index (χ1n) is 5.20. The van der Waals surface area contributed by atoms with Gasteiger partial charge in [-0.15, -0.1) is 6.42 Å². The van der Waals surface area contributed by atoms with Crippen LogP contribution in [0.25, 0.3) is 0 Å². The summed E-state index contributed by atoms with van der Waals surface area (Å²) in [4.78, 5) is 0. The van der Waals surface area contributed by atoms with Gasteiger partial charge in [-0.25, -0.2) is 0 Å². The second-order valence-corrected chi connectivity index (χ2v) is 4.42. The van der Waals surface area contributed by atoms with E-state index in [0.29, 0.717) is 0 Å². The van der Waals surface area contributed by atoms with Crippen molar-refractivity contribution < 1.29 is 0 Å². The van der Waals surface area contributed by atoms with E-state index in [1.54, 1.807) is 0 Å². The molecule has 1 aromatic carbocycles. The largest absolute Gasteiger partial charge is 0.303 e. The molecular weight excluding hydrogens is 250 g/mol. The molecule has 0 aliphatic rings. The Morgan fingerprint density at radius 3 is 2.60 bits per heavy atom. The molecule has 0 saturated carbocycles. The van der Waals surface area contributed by atoms with Gasteiger partial charge in [0.05, 0.1) is 6.04 Å². The van der Waals surface area contributed by atoms with Crippen LogP contribution in [0.15, 0.2) is 28.7 Å². The van der Waals surface area contributed by atoms with E-state index in [9.17, 15) is 0 Å². The highest BCUT2D eigenvalue weighted by Gasteiger charge is 2.04. The summed E-state index contributed by atoms with van der Waals surface area (Å²) in [5, 5.41) is 3.33. The summed E-state index contributed by atoms with van der Waals surface area (Å²) < 4.78 is 1.10. The maximum absolute atomic E-state index is 5.47. The lowest BCUT2D eigenvalue weighted by atomic mass is 10.1. The van der Waals surface area contributed by atoms with Gasteiger partial charge in [-0.1, -0.05) is 40.9 Å². The molecule has 1 unspecified atom stereocenters. The van der Waals surface area contributed by atoms with Gasteiger partial charge in [-0.3, -0.25) is 0 Å². The van der Waals surface area contributed by atoms with Gasteiger partial charge in [-0.05, 0) is 37.1 Å². The van der Waals surface area contributed by atoms with Crippen LogP contribution in [0, 0.1) is 12.3 Å². The van der Waals surface area contributed by atoms with Crippen LogP contribution in [0.2, 0.25) is 0 Å². The molecular formula is C13H16BrN. The van der Waals surface area contributed by atoms with E-state index in [1.807, 2.05) is 12.1 Å². The van der Waals surface area contributed by atoms with Crippen molar-refractivity contribution in [3.63, 3.8) is 0 Å². The van der Waals surface area contributed by atoms with Crippen molar-refractivity contribution in [2.24, 2.45) is 0 Å². The van der Waals surface area contributed by atoms with Crippen molar-refractivity contribution in [3.05, 3.63) is 34.3 Å². The molecule has 0 saturated heterocycles. The lowest BCUT2D eigenvalue weighted by Gasteiger charge is -2.12. The predicted octanol–water partition coefficient (Wildman–Crippen LogP) is 2.99. The van der Waals surface area contributed by atoms with Crippen LogP contribution < -0.4 is 5.32 Å². The smallest absolute Gasteiger partial charge is 0.0727 e. The highest BCUT2D eigenvalue weighted by atomic mass is 79.9. The Morgan fingerprint density at radius 1 is 1.40 bits per heavy atom. The third-order valence-corrected chi connectivity index (χ3v) is 2.72. The topological polar surface area (TPSA) is 12.0 Å². The van der Waals surface area contributed by atoms with Gasteiger partial charge < -0.3 is 5.32 Å². The van der Waals surface area contributed by atoms with E-state index in [1.165, 1.54) is 5.56 Å². The molecule has 0 spiro atoms. The summed E-state index contributed by atoms with van der Waals surface area (Å²) in [6.45, 7) is 3.12. The van der Waals surface area contributed by atoms with E-state index in [0.717, 1.165) is 23.9 Å². The Hall–Kier alpha value is -0.780. The normalized spacial score (nSPS) is 12.1. The minimum absolute atomic E-state index is 0.145. The Labute approximate surface area is 100 Å². The van der Waals surface area contributed by atoms with Crippen molar-refractivity contribution in [2.75, 3.05) is 6.54 Å². The number of hydrogen-bond donors (Lipinski definition) is 1. The third kappa shape index (κ3) is 4.51. The quantitative estimate of drug-likeness (QED) is 0.808. The summed E-state index contributed by atoms with van der Waals surface area (Å²) in [6, 6.07) is 8.43. The molecule has 1 atom stereocenters. The highest BCUT2D eigenvalue weighted by Crippen LogP contribution is 2.11. The number of hydrogen-bond acceptors (Lipinski definition) is 1. The molecule has 15 heavy (non-hydrogen) atoms. The molecule has 0 amide bonds. The first kappa shape index (κ1) is 12.3. The van der Waals surface area contributed by atoms with Crippen LogP contribution in [-0.2, 0) is 6.42 Å². The third-order valence-electron chi connectivity index (χ3n) is 2.20. The molecule has 1 aromatic rings. The zero-order chi connectivity index (χ0) is 11.1. The van der Waals surface area contributed by atoms with Crippen LogP contribution >= 0.6 is 15.9 Å². The molecule has 1 rings (SSSR count). The van der Waals surface area contributed by atoms with Crippen molar-refractivity contribution in [3.8, 4) is 12.3 Å². The zero-order valence-electron chi connectivity index (χ0n) is 8.96. The van der Waals surface area contributed by atoms with E-state index in [2.05, 4.69) is 46.2 Å². The molecule has 0 aromatic heterocycles. The highest BCUT2D eigenvalue weighted by molar-refractivity contribution is 9.10. The Kier molecular flexibility index (Phi) is 5.45. The minimum Gasteiger partial charge on any atom is -0.303 e. The lowest BCUT2D eigenvalue weighted by molar-refractivity contribution is 0.598. The lowest BCUT2D eigenvalue weighted by Crippen LogP contribution is -2.30. The van der Waals surface area contributed by atoms with Gasteiger partial charge in [0.15, 0.2) is 0 Å². The molecule has 0 radical (unpaired) electrons. The Bertz CT molecular complexity index is 323. The molecule has 0 bridgehead atoms. The van der Waals surface area contributed by atoms with Crippen LogP contribution in [0.4, 0.5) is 0 Å². The summed E-state index contributed by atoms with van der Waals surface area (Å²) in [5.74, 6) is 2.78. The number of terminal acetylenes is 1. The molecule has 1 nitrogen and oxygen atoms in total. The SMILES string of the molecule is C#CC(Cc1ccc(Br)cc1)NCCC. The van der Waals surface area contributed by atoms with Crippen molar-refractivity contribution >= 4 is 15.9 Å². The maximum Gasteiger partial charge on any atom is 0.0727 e. The molecule has 0 heterocycles. The molecule has 0 aliphatic carbocycles. The predicted molar refractivity (Wildman–Crippen MR) is 68.8 cm³/mol. The average molecular weight is 266 g/mol. The summed E-state index contributed by atoms with van der Waals surface area (Å²) in [5.41, 5.74) is 1.27. The monoisotopic (exact) mass is 265 g/mol. The van der Waals surface area contributed by atoms with Crippen LogP contribution in [-0.4, -0.2) is 12.6 Å². The first-order valence-corrected chi connectivity index (χ1v) is 5.99. The maximum atomic E-state index is 5.47. The van der Waals surface area contributed by atoms with Crippen molar-refractivity contribution in [1.82, 2.24) is 5.32 Å². The number of halogens is 1. The Balaban J connectivity index is 2.52. The van der Waals surface area contributed by atoms with Crippen molar-refractivity contribution in [2.45, 2.75) is 25.8 Å². The van der Waals surface area contributed by atoms with E-state index < -0.39 is 0 Å². The van der Waals surface area contributed by atoms with Crippen LogP contribution in [0.5, 0.6) is 0 Å². The number of nitrogens with one attached hydrogen (secondary N) is 1. The minimum atomic E-state index is 0.145. The van der Waals surface area contributed by atoms with Gasteiger partial charge >= 0.3 is 0 Å². The molecule has 2 heteroatoms.